The molecule has 2 heterocycles. The van der Waals surface area contributed by atoms with Gasteiger partial charge in [0, 0.05) is 38.3 Å². The first-order valence-electron chi connectivity index (χ1n) is 7.47. The van der Waals surface area contributed by atoms with Crippen LogP contribution >= 0.6 is 12.4 Å². The van der Waals surface area contributed by atoms with Gasteiger partial charge in [0.1, 0.15) is 0 Å². The Balaban J connectivity index is 0.00000200. The third-order valence-electron chi connectivity index (χ3n) is 4.05. The van der Waals surface area contributed by atoms with E-state index in [1.807, 2.05) is 0 Å². The molecule has 1 amide bonds. The van der Waals surface area contributed by atoms with Crippen LogP contribution in [0.15, 0.2) is 0 Å². The number of ether oxygens (including phenoxy) is 2. The topological polar surface area (TPSA) is 59.6 Å². The zero-order chi connectivity index (χ0) is 13.5. The first kappa shape index (κ1) is 17.7. The maximum absolute atomic E-state index is 12.1. The Morgan fingerprint density at radius 2 is 2.05 bits per heavy atom. The quantitative estimate of drug-likeness (QED) is 0.799. The molecule has 118 valence electrons. The van der Waals surface area contributed by atoms with Crippen LogP contribution in [0.5, 0.6) is 0 Å². The second-order valence-corrected chi connectivity index (χ2v) is 5.46. The third-order valence-corrected chi connectivity index (χ3v) is 4.05. The summed E-state index contributed by atoms with van der Waals surface area (Å²) in [6.07, 6.45) is 3.62. The number of carbonyl (C=O) groups is 1. The van der Waals surface area contributed by atoms with Gasteiger partial charge < -0.3 is 20.1 Å². The molecule has 2 atom stereocenters. The van der Waals surface area contributed by atoms with Gasteiger partial charge in [-0.3, -0.25) is 4.79 Å². The predicted octanol–water partition coefficient (Wildman–Crippen LogP) is 1.11. The molecule has 5 nitrogen and oxygen atoms in total. The molecule has 2 aliphatic rings. The standard InChI is InChI=1S/C14H26N2O3.ClH/c1-2-13(11-3-6-18-7-4-11)16-14(17)9-12-10-19-8-5-15-12;/h11-13,15H,2-10H2,1H3,(H,16,17);1H. The van der Waals surface area contributed by atoms with Crippen molar-refractivity contribution in [3.63, 3.8) is 0 Å². The Kier molecular flexibility index (Phi) is 8.45. The van der Waals surface area contributed by atoms with Crippen molar-refractivity contribution in [1.82, 2.24) is 10.6 Å². The first-order valence-corrected chi connectivity index (χ1v) is 7.47. The van der Waals surface area contributed by atoms with E-state index in [0.29, 0.717) is 25.0 Å². The molecule has 6 heteroatoms. The molecule has 0 saturated carbocycles. The average molecular weight is 307 g/mol. The van der Waals surface area contributed by atoms with E-state index in [9.17, 15) is 4.79 Å². The average Bonchev–Trinajstić information content (AvgIpc) is 2.47. The van der Waals surface area contributed by atoms with Crippen LogP contribution in [0.2, 0.25) is 0 Å². The Hall–Kier alpha value is -0.360. The van der Waals surface area contributed by atoms with Gasteiger partial charge in [-0.05, 0) is 25.2 Å². The van der Waals surface area contributed by atoms with Crippen LogP contribution in [0.3, 0.4) is 0 Å². The fraction of sp³-hybridized carbons (Fsp3) is 0.929. The summed E-state index contributed by atoms with van der Waals surface area (Å²) in [6, 6.07) is 0.460. The zero-order valence-corrected chi connectivity index (χ0v) is 13.0. The predicted molar refractivity (Wildman–Crippen MR) is 80.2 cm³/mol. The molecule has 0 radical (unpaired) electrons. The SMILES string of the molecule is CCC(NC(=O)CC1COCCN1)C1CCOCC1.Cl. The van der Waals surface area contributed by atoms with Crippen LogP contribution in [0.4, 0.5) is 0 Å². The Labute approximate surface area is 127 Å². The number of carbonyl (C=O) groups excluding carboxylic acids is 1. The van der Waals surface area contributed by atoms with Crippen LogP contribution in [0.1, 0.15) is 32.6 Å². The van der Waals surface area contributed by atoms with Crippen molar-refractivity contribution >= 4 is 18.3 Å². The number of rotatable bonds is 5. The number of hydrogen-bond acceptors (Lipinski definition) is 4. The van der Waals surface area contributed by atoms with E-state index in [2.05, 4.69) is 17.6 Å². The van der Waals surface area contributed by atoms with E-state index in [-0.39, 0.29) is 24.4 Å². The largest absolute Gasteiger partial charge is 0.381 e. The van der Waals surface area contributed by atoms with E-state index in [1.165, 1.54) is 0 Å². The first-order chi connectivity index (χ1) is 9.29. The van der Waals surface area contributed by atoms with E-state index >= 15 is 0 Å². The molecule has 0 aromatic carbocycles. The molecule has 2 fully saturated rings. The molecule has 0 bridgehead atoms. The van der Waals surface area contributed by atoms with Crippen molar-refractivity contribution < 1.29 is 14.3 Å². The highest BCUT2D eigenvalue weighted by Gasteiger charge is 2.25. The van der Waals surface area contributed by atoms with E-state index in [1.54, 1.807) is 0 Å². The highest BCUT2D eigenvalue weighted by atomic mass is 35.5. The number of nitrogens with one attached hydrogen (secondary N) is 2. The summed E-state index contributed by atoms with van der Waals surface area (Å²) in [5.41, 5.74) is 0. The normalized spacial score (nSPS) is 25.6. The monoisotopic (exact) mass is 306 g/mol. The van der Waals surface area contributed by atoms with Crippen molar-refractivity contribution in [2.75, 3.05) is 33.0 Å². The summed E-state index contributed by atoms with van der Waals surface area (Å²) in [4.78, 5) is 12.1. The van der Waals surface area contributed by atoms with Gasteiger partial charge in [0.05, 0.1) is 13.2 Å². The van der Waals surface area contributed by atoms with Gasteiger partial charge in [-0.1, -0.05) is 6.92 Å². The molecule has 2 rings (SSSR count). The van der Waals surface area contributed by atoms with Crippen molar-refractivity contribution in [3.05, 3.63) is 0 Å². The minimum atomic E-state index is 0. The van der Waals surface area contributed by atoms with Gasteiger partial charge in [-0.25, -0.2) is 0 Å². The fourth-order valence-electron chi connectivity index (χ4n) is 2.91. The van der Waals surface area contributed by atoms with Crippen LogP contribution in [0, 0.1) is 5.92 Å². The molecular formula is C14H27ClN2O3. The number of halogens is 1. The highest BCUT2D eigenvalue weighted by Crippen LogP contribution is 2.20. The second kappa shape index (κ2) is 9.55. The highest BCUT2D eigenvalue weighted by molar-refractivity contribution is 5.85. The molecule has 0 aromatic heterocycles. The summed E-state index contributed by atoms with van der Waals surface area (Å²) in [5, 5.41) is 6.51. The van der Waals surface area contributed by atoms with Crippen molar-refractivity contribution in [3.8, 4) is 0 Å². The maximum atomic E-state index is 12.1. The van der Waals surface area contributed by atoms with E-state index in [4.69, 9.17) is 9.47 Å². The van der Waals surface area contributed by atoms with Crippen LogP contribution in [0.25, 0.3) is 0 Å². The number of hydrogen-bond donors (Lipinski definition) is 2. The van der Waals surface area contributed by atoms with E-state index in [0.717, 1.165) is 45.6 Å². The molecular weight excluding hydrogens is 280 g/mol. The molecule has 2 N–H and O–H groups in total. The lowest BCUT2D eigenvalue weighted by atomic mass is 9.90. The van der Waals surface area contributed by atoms with E-state index < -0.39 is 0 Å². The van der Waals surface area contributed by atoms with Gasteiger partial charge >= 0.3 is 0 Å². The fourth-order valence-corrected chi connectivity index (χ4v) is 2.91. The van der Waals surface area contributed by atoms with Gasteiger partial charge in [0.15, 0.2) is 0 Å². The van der Waals surface area contributed by atoms with Gasteiger partial charge in [-0.15, -0.1) is 12.4 Å². The lowest BCUT2D eigenvalue weighted by Crippen LogP contribution is -2.47. The Bertz CT molecular complexity index is 280. The Morgan fingerprint density at radius 1 is 1.30 bits per heavy atom. The molecule has 0 aliphatic carbocycles. The molecule has 2 aliphatic heterocycles. The zero-order valence-electron chi connectivity index (χ0n) is 12.2. The summed E-state index contributed by atoms with van der Waals surface area (Å²) in [7, 11) is 0. The summed E-state index contributed by atoms with van der Waals surface area (Å²) < 4.78 is 10.8. The molecule has 20 heavy (non-hydrogen) atoms. The van der Waals surface area contributed by atoms with Crippen LogP contribution in [-0.4, -0.2) is 51.0 Å². The van der Waals surface area contributed by atoms with Gasteiger partial charge in [0.25, 0.3) is 0 Å². The number of morpholine rings is 1. The van der Waals surface area contributed by atoms with Gasteiger partial charge in [0.2, 0.25) is 5.91 Å². The number of amides is 1. The molecule has 0 spiro atoms. The molecule has 2 unspecified atom stereocenters. The maximum Gasteiger partial charge on any atom is 0.221 e. The summed E-state index contributed by atoms with van der Waals surface area (Å²) >= 11 is 0. The van der Waals surface area contributed by atoms with Gasteiger partial charge in [-0.2, -0.15) is 0 Å². The molecule has 2 saturated heterocycles. The van der Waals surface area contributed by atoms with Crippen LogP contribution in [-0.2, 0) is 14.3 Å². The molecule has 0 aromatic rings. The Morgan fingerprint density at radius 3 is 2.65 bits per heavy atom. The minimum Gasteiger partial charge on any atom is -0.381 e. The summed E-state index contributed by atoms with van der Waals surface area (Å²) in [6.45, 7) is 6.03. The lowest BCUT2D eigenvalue weighted by Gasteiger charge is -2.31. The second-order valence-electron chi connectivity index (χ2n) is 5.46. The minimum absolute atomic E-state index is 0. The summed E-state index contributed by atoms with van der Waals surface area (Å²) in [5.74, 6) is 0.708. The van der Waals surface area contributed by atoms with Crippen LogP contribution < -0.4 is 10.6 Å². The third kappa shape index (κ3) is 5.56. The van der Waals surface area contributed by atoms with Crippen molar-refractivity contribution in [1.29, 1.82) is 0 Å². The van der Waals surface area contributed by atoms with Crippen molar-refractivity contribution in [2.24, 2.45) is 5.92 Å². The van der Waals surface area contributed by atoms with Crippen molar-refractivity contribution in [2.45, 2.75) is 44.7 Å². The lowest BCUT2D eigenvalue weighted by molar-refractivity contribution is -0.123. The smallest absolute Gasteiger partial charge is 0.221 e.